The minimum absolute atomic E-state index is 0.00997. The SMILES string of the molecule is Cc1ncc(Oc2nc(N3C[C@H]4C[C@@H]3C[C@@H]4NC(=O)OC(C)(C)C)c3c(n2)[nH]c2c(N(C)C(=O)OCOC(=O)CN4CCN(C(=O)OC(C)(C)C)CC4)cc(F)cc23)cn1. The number of nitrogens with zero attached hydrogens (tertiary/aromatic N) is 8. The van der Waals surface area contributed by atoms with Crippen molar-refractivity contribution in [3.8, 4) is 11.8 Å². The third-order valence-electron chi connectivity index (χ3n) is 10.4. The molecule has 5 heterocycles. The number of rotatable bonds is 9. The van der Waals surface area contributed by atoms with E-state index in [1.165, 1.54) is 31.6 Å². The number of H-pyrrole nitrogens is 1. The molecule has 3 aliphatic rings. The number of aromatic amines is 1. The van der Waals surface area contributed by atoms with Crippen molar-refractivity contribution < 1.29 is 47.3 Å². The molecule has 3 fully saturated rings. The molecule has 7 rings (SSSR count). The summed E-state index contributed by atoms with van der Waals surface area (Å²) < 4.78 is 43.0. The zero-order valence-electron chi connectivity index (χ0n) is 35.0. The molecule has 19 nitrogen and oxygen atoms in total. The van der Waals surface area contributed by atoms with Gasteiger partial charge in [-0.3, -0.25) is 14.6 Å². The summed E-state index contributed by atoms with van der Waals surface area (Å²) in [6, 6.07) is 2.38. The maximum absolute atomic E-state index is 15.6. The van der Waals surface area contributed by atoms with E-state index in [2.05, 4.69) is 30.2 Å². The number of hydrogen-bond acceptors (Lipinski definition) is 15. The van der Waals surface area contributed by atoms with E-state index in [4.69, 9.17) is 28.7 Å². The minimum atomic E-state index is -0.908. The van der Waals surface area contributed by atoms with Crippen molar-refractivity contribution in [2.45, 2.75) is 84.6 Å². The van der Waals surface area contributed by atoms with E-state index in [0.29, 0.717) is 78.5 Å². The number of esters is 1. The zero-order chi connectivity index (χ0) is 43.1. The highest BCUT2D eigenvalue weighted by Gasteiger charge is 2.47. The van der Waals surface area contributed by atoms with Crippen LogP contribution in [-0.2, 0) is 23.7 Å². The molecule has 1 aromatic carbocycles. The van der Waals surface area contributed by atoms with Gasteiger partial charge in [0.25, 0.3) is 0 Å². The predicted octanol–water partition coefficient (Wildman–Crippen LogP) is 5.26. The molecule has 2 aliphatic heterocycles. The number of alkyl carbamates (subject to hydrolysis) is 1. The number of piperazine rings is 1. The molecule has 60 heavy (non-hydrogen) atoms. The van der Waals surface area contributed by atoms with Crippen LogP contribution in [0.5, 0.6) is 11.8 Å². The first-order valence-corrected chi connectivity index (χ1v) is 19.8. The molecule has 3 aromatic heterocycles. The number of piperidine rings is 1. The molecule has 2 saturated heterocycles. The molecule has 3 amide bonds. The number of halogens is 1. The summed E-state index contributed by atoms with van der Waals surface area (Å²) in [5.74, 6) is 0.178. The van der Waals surface area contributed by atoms with Gasteiger partial charge < -0.3 is 43.8 Å². The van der Waals surface area contributed by atoms with Crippen LogP contribution < -0.4 is 19.9 Å². The lowest BCUT2D eigenvalue weighted by molar-refractivity contribution is -0.153. The van der Waals surface area contributed by atoms with E-state index in [1.54, 1.807) is 32.6 Å². The van der Waals surface area contributed by atoms with Crippen LogP contribution in [0.15, 0.2) is 24.5 Å². The van der Waals surface area contributed by atoms with E-state index in [1.807, 2.05) is 25.7 Å². The molecule has 1 saturated carbocycles. The Morgan fingerprint density at radius 1 is 0.950 bits per heavy atom. The summed E-state index contributed by atoms with van der Waals surface area (Å²) in [6.45, 7) is 14.0. The third kappa shape index (κ3) is 9.69. The molecule has 322 valence electrons. The number of hydrogen-bond donors (Lipinski definition) is 2. The average Bonchev–Trinajstić information content (AvgIpc) is 3.86. The van der Waals surface area contributed by atoms with E-state index >= 15 is 4.39 Å². The van der Waals surface area contributed by atoms with Gasteiger partial charge >= 0.3 is 30.3 Å². The van der Waals surface area contributed by atoms with Gasteiger partial charge in [-0.05, 0) is 79.4 Å². The van der Waals surface area contributed by atoms with Crippen LogP contribution in [0.25, 0.3) is 21.9 Å². The second-order valence-electron chi connectivity index (χ2n) is 17.2. The molecular weight excluding hydrogens is 783 g/mol. The van der Waals surface area contributed by atoms with Crippen LogP contribution in [-0.4, -0.2) is 135 Å². The van der Waals surface area contributed by atoms with Crippen LogP contribution in [0.2, 0.25) is 0 Å². The number of aryl methyl sites for hydroxylation is 1. The Morgan fingerprint density at radius 3 is 2.30 bits per heavy atom. The molecule has 0 radical (unpaired) electrons. The van der Waals surface area contributed by atoms with E-state index in [-0.39, 0.29) is 36.2 Å². The first-order chi connectivity index (χ1) is 28.3. The summed E-state index contributed by atoms with van der Waals surface area (Å²) in [4.78, 5) is 78.7. The Labute approximate surface area is 345 Å². The molecule has 2 bridgehead atoms. The lowest BCUT2D eigenvalue weighted by Gasteiger charge is -2.35. The second kappa shape index (κ2) is 16.5. The molecule has 0 spiro atoms. The normalized spacial score (nSPS) is 19.4. The molecule has 2 N–H and O–H groups in total. The number of fused-ring (bicyclic) bond motifs is 5. The van der Waals surface area contributed by atoms with E-state index in [0.717, 1.165) is 11.3 Å². The largest absolute Gasteiger partial charge is 0.444 e. The van der Waals surface area contributed by atoms with Gasteiger partial charge in [0.2, 0.25) is 6.79 Å². The smallest absolute Gasteiger partial charge is 0.416 e. The van der Waals surface area contributed by atoms with Gasteiger partial charge in [0.1, 0.15) is 34.3 Å². The van der Waals surface area contributed by atoms with Crippen molar-refractivity contribution in [2.24, 2.45) is 5.92 Å². The zero-order valence-corrected chi connectivity index (χ0v) is 35.0. The summed E-state index contributed by atoms with van der Waals surface area (Å²) in [5.41, 5.74) is -0.427. The van der Waals surface area contributed by atoms with Gasteiger partial charge in [-0.2, -0.15) is 9.97 Å². The van der Waals surface area contributed by atoms with Crippen molar-refractivity contribution in [1.29, 1.82) is 0 Å². The molecular formula is C40H51FN10O9. The van der Waals surface area contributed by atoms with Gasteiger partial charge in [-0.15, -0.1) is 0 Å². The summed E-state index contributed by atoms with van der Waals surface area (Å²) >= 11 is 0. The number of aromatic nitrogens is 5. The number of amides is 3. The number of benzene rings is 1. The summed E-state index contributed by atoms with van der Waals surface area (Å²) in [7, 11) is 1.41. The topological polar surface area (TPSA) is 207 Å². The first-order valence-electron chi connectivity index (χ1n) is 19.8. The van der Waals surface area contributed by atoms with Crippen LogP contribution in [0.1, 0.15) is 60.2 Å². The molecule has 1 aliphatic carbocycles. The van der Waals surface area contributed by atoms with Gasteiger partial charge in [-0.25, -0.2) is 28.7 Å². The van der Waals surface area contributed by atoms with Crippen LogP contribution in [0, 0.1) is 18.7 Å². The quantitative estimate of drug-likeness (QED) is 0.125. The molecule has 0 unspecified atom stereocenters. The lowest BCUT2D eigenvalue weighted by Crippen LogP contribution is -2.51. The van der Waals surface area contributed by atoms with Crippen LogP contribution in [0.3, 0.4) is 0 Å². The lowest BCUT2D eigenvalue weighted by atomic mass is 10.0. The van der Waals surface area contributed by atoms with Crippen molar-refractivity contribution >= 4 is 57.7 Å². The maximum Gasteiger partial charge on any atom is 0.416 e. The number of anilines is 2. The van der Waals surface area contributed by atoms with Crippen molar-refractivity contribution in [2.75, 3.05) is 62.9 Å². The van der Waals surface area contributed by atoms with Crippen molar-refractivity contribution in [1.82, 2.24) is 40.0 Å². The van der Waals surface area contributed by atoms with Gasteiger partial charge in [0, 0.05) is 57.2 Å². The third-order valence-corrected chi connectivity index (χ3v) is 10.4. The van der Waals surface area contributed by atoms with Crippen molar-refractivity contribution in [3.63, 3.8) is 0 Å². The van der Waals surface area contributed by atoms with E-state index in [9.17, 15) is 19.2 Å². The minimum Gasteiger partial charge on any atom is -0.444 e. The molecule has 3 atom stereocenters. The fourth-order valence-electron chi connectivity index (χ4n) is 7.70. The number of ether oxygens (including phenoxy) is 5. The second-order valence-corrected chi connectivity index (χ2v) is 17.2. The average molecular weight is 835 g/mol. The molecule has 4 aromatic rings. The Hall–Kier alpha value is -6.05. The fraction of sp³-hybridized carbons (Fsp3) is 0.550. The van der Waals surface area contributed by atoms with Gasteiger partial charge in [0.15, 0.2) is 5.75 Å². The van der Waals surface area contributed by atoms with Crippen molar-refractivity contribution in [3.05, 3.63) is 36.2 Å². The number of carbonyl (C=O) groups is 4. The number of carbonyl (C=O) groups excluding carboxylic acids is 4. The van der Waals surface area contributed by atoms with Gasteiger partial charge in [-0.1, -0.05) is 0 Å². The molecule has 20 heteroatoms. The standard InChI is InChI=1S/C40H51FN10O9/c1-22-42-17-26(18-43-22)58-35-46-33-31(34(47-35)51-19-23-13-25(51)16-28(23)44-36(53)59-39(2,3)4)27-14-24(41)15-29(32(27)45-33)48(8)37(54)57-21-56-30(52)20-49-9-11-50(12-10-49)38(55)60-40(5,6)7/h14-15,17-18,23,25,28H,9-13,16,19-21H2,1-8H3,(H,44,53)(H,45,46,47)/t23-,25-,28+/m1/s1. The van der Waals surface area contributed by atoms with Gasteiger partial charge in [0.05, 0.1) is 35.5 Å². The highest BCUT2D eigenvalue weighted by Crippen LogP contribution is 2.45. The maximum atomic E-state index is 15.6. The Kier molecular flexibility index (Phi) is 11.6. The summed E-state index contributed by atoms with van der Waals surface area (Å²) in [6.07, 6.45) is 2.63. The van der Waals surface area contributed by atoms with Crippen LogP contribution in [0.4, 0.5) is 30.3 Å². The Bertz CT molecular complexity index is 2270. The highest BCUT2D eigenvalue weighted by molar-refractivity contribution is 6.16. The fourth-order valence-corrected chi connectivity index (χ4v) is 7.70. The summed E-state index contributed by atoms with van der Waals surface area (Å²) in [5, 5.41) is 3.94. The highest BCUT2D eigenvalue weighted by atomic mass is 19.1. The first kappa shape index (κ1) is 42.1. The Balaban J connectivity index is 1.06. The Morgan fingerprint density at radius 2 is 1.65 bits per heavy atom. The predicted molar refractivity (Wildman–Crippen MR) is 215 cm³/mol. The number of nitrogens with one attached hydrogen (secondary N) is 2. The van der Waals surface area contributed by atoms with E-state index < -0.39 is 48.1 Å². The monoisotopic (exact) mass is 834 g/mol. The van der Waals surface area contributed by atoms with Crippen LogP contribution >= 0.6 is 0 Å².